The maximum atomic E-state index is 10.7. The van der Waals surface area contributed by atoms with Crippen molar-refractivity contribution >= 4 is 18.4 Å². The molecule has 0 aliphatic carbocycles. The van der Waals surface area contributed by atoms with Crippen LogP contribution in [0.5, 0.6) is 0 Å². The predicted molar refractivity (Wildman–Crippen MR) is 38.5 cm³/mol. The lowest BCUT2D eigenvalue weighted by atomic mass is 9.80. The first-order valence-corrected chi connectivity index (χ1v) is 3.07. The van der Waals surface area contributed by atoms with Gasteiger partial charge >= 0.3 is 7.12 Å². The molecule has 1 aromatic rings. The van der Waals surface area contributed by atoms with Crippen LogP contribution in [0.15, 0.2) is 16.7 Å². The Morgan fingerprint density at radius 1 is 1.64 bits per heavy atom. The van der Waals surface area contributed by atoms with E-state index in [1.807, 2.05) is 0 Å². The van der Waals surface area contributed by atoms with Crippen LogP contribution in [0.2, 0.25) is 0 Å². The average molecular weight is 154 g/mol. The van der Waals surface area contributed by atoms with Gasteiger partial charge in [0, 0.05) is 12.4 Å². The number of hydrogen-bond donors (Lipinski definition) is 2. The first kappa shape index (κ1) is 8.04. The minimum Gasteiger partial charge on any atom is -0.462 e. The zero-order chi connectivity index (χ0) is 8.43. The highest BCUT2D eigenvalue weighted by Crippen LogP contribution is 1.98. The van der Waals surface area contributed by atoms with Crippen LogP contribution in [0, 0.1) is 0 Å². The van der Waals surface area contributed by atoms with E-state index in [1.54, 1.807) is 0 Å². The first-order valence-electron chi connectivity index (χ1n) is 3.07. The highest BCUT2D eigenvalue weighted by atomic mass is 16.4. The maximum absolute atomic E-state index is 10.7. The summed E-state index contributed by atoms with van der Waals surface area (Å²) in [5, 5.41) is 17.4. The van der Waals surface area contributed by atoms with E-state index in [1.165, 1.54) is 19.3 Å². The van der Waals surface area contributed by atoms with E-state index in [0.717, 1.165) is 0 Å². The fraction of sp³-hybridized carbons (Fsp3) is 0.167. The quantitative estimate of drug-likeness (QED) is 0.430. The Kier molecular flexibility index (Phi) is 2.12. The zero-order valence-corrected chi connectivity index (χ0v) is 5.94. The summed E-state index contributed by atoms with van der Waals surface area (Å²) in [6.07, 6.45) is 1.24. The largest absolute Gasteiger partial charge is 0.492 e. The van der Waals surface area contributed by atoms with Crippen LogP contribution in [-0.4, -0.2) is 22.9 Å². The highest BCUT2D eigenvalue weighted by Gasteiger charge is 2.20. The molecule has 0 fully saturated rings. The molecule has 1 rings (SSSR count). The molecule has 4 nitrogen and oxygen atoms in total. The van der Waals surface area contributed by atoms with E-state index in [4.69, 9.17) is 14.5 Å². The van der Waals surface area contributed by atoms with E-state index in [-0.39, 0.29) is 17.0 Å². The molecule has 58 valence electrons. The van der Waals surface area contributed by atoms with Crippen molar-refractivity contribution in [3.8, 4) is 0 Å². The van der Waals surface area contributed by atoms with Crippen molar-refractivity contribution in [1.82, 2.24) is 0 Å². The van der Waals surface area contributed by atoms with Crippen LogP contribution in [0.4, 0.5) is 0 Å². The van der Waals surface area contributed by atoms with Crippen LogP contribution in [0.1, 0.15) is 17.5 Å². The Morgan fingerprint density at radius 2 is 2.27 bits per heavy atom. The molecule has 0 aliphatic rings. The number of hydrogen-bond acceptors (Lipinski definition) is 4. The van der Waals surface area contributed by atoms with Crippen LogP contribution in [-0.2, 0) is 0 Å². The van der Waals surface area contributed by atoms with Crippen LogP contribution in [0.25, 0.3) is 0 Å². The summed E-state index contributed by atoms with van der Waals surface area (Å²) in [4.78, 5) is 10.7. The third kappa shape index (κ3) is 1.50. The van der Waals surface area contributed by atoms with Gasteiger partial charge in [-0.25, -0.2) is 0 Å². The Balaban J connectivity index is 3.06. The van der Waals surface area contributed by atoms with E-state index < -0.39 is 7.12 Å². The van der Waals surface area contributed by atoms with Gasteiger partial charge in [-0.2, -0.15) is 0 Å². The zero-order valence-electron chi connectivity index (χ0n) is 5.94. The van der Waals surface area contributed by atoms with Gasteiger partial charge in [-0.15, -0.1) is 0 Å². The van der Waals surface area contributed by atoms with Gasteiger partial charge in [0.2, 0.25) is 0 Å². The fourth-order valence-corrected chi connectivity index (χ4v) is 0.809. The molecule has 0 bridgehead atoms. The summed E-state index contributed by atoms with van der Waals surface area (Å²) in [7, 11) is -1.65. The average Bonchev–Trinajstić information content (AvgIpc) is 2.32. The monoisotopic (exact) mass is 154 g/mol. The normalized spacial score (nSPS) is 9.73. The lowest BCUT2D eigenvalue weighted by molar-refractivity contribution is 0.0988. The van der Waals surface area contributed by atoms with Crippen molar-refractivity contribution in [3.63, 3.8) is 0 Å². The van der Waals surface area contributed by atoms with E-state index in [0.29, 0.717) is 0 Å². The summed E-state index contributed by atoms with van der Waals surface area (Å²) >= 11 is 0. The molecule has 2 N–H and O–H groups in total. The molecule has 1 aromatic heterocycles. The summed E-state index contributed by atoms with van der Waals surface area (Å²) in [6, 6.07) is 1.35. The van der Waals surface area contributed by atoms with E-state index >= 15 is 0 Å². The lowest BCUT2D eigenvalue weighted by Gasteiger charge is -1.94. The van der Waals surface area contributed by atoms with Crippen molar-refractivity contribution in [2.24, 2.45) is 0 Å². The number of carbonyl (C=O) groups excluding carboxylic acids is 1. The summed E-state index contributed by atoms with van der Waals surface area (Å²) in [5.74, 6) is -0.321. The smallest absolute Gasteiger partial charge is 0.462 e. The second-order valence-electron chi connectivity index (χ2n) is 2.13. The molecule has 0 unspecified atom stereocenters. The third-order valence-electron chi connectivity index (χ3n) is 1.29. The van der Waals surface area contributed by atoms with Crippen molar-refractivity contribution < 1.29 is 19.3 Å². The molecule has 0 atom stereocenters. The Labute approximate surface area is 63.6 Å². The summed E-state index contributed by atoms with van der Waals surface area (Å²) in [5.41, 5.74) is 0.109. The molecule has 0 aliphatic heterocycles. The number of furan rings is 1. The molecular formula is C6H7BO4. The highest BCUT2D eigenvalue weighted by molar-refractivity contribution is 6.60. The van der Waals surface area contributed by atoms with Gasteiger partial charge in [0.25, 0.3) is 0 Å². The van der Waals surface area contributed by atoms with Gasteiger partial charge < -0.3 is 14.5 Å². The van der Waals surface area contributed by atoms with Gasteiger partial charge in [-0.05, 0) is 6.07 Å². The second kappa shape index (κ2) is 2.90. The molecule has 0 saturated carbocycles. The molecule has 0 spiro atoms. The second-order valence-corrected chi connectivity index (χ2v) is 2.13. The lowest BCUT2D eigenvalue weighted by Crippen LogP contribution is -2.32. The third-order valence-corrected chi connectivity index (χ3v) is 1.29. The Hall–Kier alpha value is -1.07. The SMILES string of the molecule is CC(=O)c1occc1B(O)O. The molecule has 11 heavy (non-hydrogen) atoms. The van der Waals surface area contributed by atoms with E-state index in [2.05, 4.69) is 0 Å². The molecule has 0 amide bonds. The standard InChI is InChI=1S/C6H7BO4/c1-4(8)6-5(7(9)10)2-3-11-6/h2-3,9-10H,1H3. The molecule has 1 heterocycles. The van der Waals surface area contributed by atoms with Crippen molar-refractivity contribution in [3.05, 3.63) is 18.1 Å². The Bertz CT molecular complexity index is 265. The van der Waals surface area contributed by atoms with E-state index in [9.17, 15) is 4.79 Å². The fourth-order valence-electron chi connectivity index (χ4n) is 0.809. The number of Topliss-reactive ketones (excluding diaryl/α,β-unsaturated/α-hetero) is 1. The van der Waals surface area contributed by atoms with Gasteiger partial charge in [-0.1, -0.05) is 0 Å². The molecule has 5 heteroatoms. The maximum Gasteiger partial charge on any atom is 0.492 e. The van der Waals surface area contributed by atoms with Crippen molar-refractivity contribution in [2.75, 3.05) is 0 Å². The van der Waals surface area contributed by atoms with Crippen molar-refractivity contribution in [2.45, 2.75) is 6.92 Å². The van der Waals surface area contributed by atoms with Gasteiger partial charge in [-0.3, -0.25) is 4.79 Å². The van der Waals surface area contributed by atoms with Crippen molar-refractivity contribution in [1.29, 1.82) is 0 Å². The number of carbonyl (C=O) groups is 1. The number of ketones is 1. The minimum atomic E-state index is -1.65. The molecule has 0 aromatic carbocycles. The molecule has 0 radical (unpaired) electrons. The minimum absolute atomic E-state index is 0.000000000000000444. The summed E-state index contributed by atoms with van der Waals surface area (Å²) in [6.45, 7) is 1.30. The van der Waals surface area contributed by atoms with Gasteiger partial charge in [0.05, 0.1) is 6.26 Å². The Morgan fingerprint density at radius 3 is 2.64 bits per heavy atom. The predicted octanol–water partition coefficient (Wildman–Crippen LogP) is -0.838. The van der Waals surface area contributed by atoms with Gasteiger partial charge in [0.15, 0.2) is 11.5 Å². The van der Waals surface area contributed by atoms with Crippen LogP contribution in [0.3, 0.4) is 0 Å². The van der Waals surface area contributed by atoms with Crippen LogP contribution >= 0.6 is 0 Å². The molecule has 0 saturated heterocycles. The summed E-state index contributed by atoms with van der Waals surface area (Å²) < 4.78 is 4.72. The first-order chi connectivity index (χ1) is 5.13. The van der Waals surface area contributed by atoms with Gasteiger partial charge in [0.1, 0.15) is 0 Å². The van der Waals surface area contributed by atoms with Crippen LogP contribution < -0.4 is 5.46 Å². The number of rotatable bonds is 2. The molecular weight excluding hydrogens is 147 g/mol. The topological polar surface area (TPSA) is 70.7 Å².